The number of esters is 3. The lowest BCUT2D eigenvalue weighted by Crippen LogP contribution is -2.30. The van der Waals surface area contributed by atoms with Crippen molar-refractivity contribution in [1.29, 1.82) is 0 Å². The Morgan fingerprint density at radius 2 is 0.346 bits per heavy atom. The summed E-state index contributed by atoms with van der Waals surface area (Å²) in [6.45, 7) is 6.65. The summed E-state index contributed by atoms with van der Waals surface area (Å²) in [6.07, 6.45) is 80.7. The third-order valence-corrected chi connectivity index (χ3v) is 16.9. The van der Waals surface area contributed by atoms with Crippen LogP contribution >= 0.6 is 0 Å². The summed E-state index contributed by atoms with van der Waals surface area (Å²) in [7, 11) is 0. The first-order valence-electron chi connectivity index (χ1n) is 36.0. The van der Waals surface area contributed by atoms with Crippen LogP contribution in [0.25, 0.3) is 0 Å². The maximum Gasteiger partial charge on any atom is 0.306 e. The average Bonchev–Trinajstić information content (AvgIpc) is 3.44. The lowest BCUT2D eigenvalue weighted by atomic mass is 10.0. The number of carbonyl (C=O) groups excluding carboxylic acids is 3. The van der Waals surface area contributed by atoms with Gasteiger partial charge in [0.25, 0.3) is 0 Å². The predicted octanol–water partition coefficient (Wildman–Crippen LogP) is 24.6. The van der Waals surface area contributed by atoms with Crippen LogP contribution in [0.1, 0.15) is 425 Å². The Morgan fingerprint density at radius 1 is 0.205 bits per heavy atom. The number of unbranched alkanes of at least 4 members (excludes halogenated alkanes) is 57. The fourth-order valence-electron chi connectivity index (χ4n) is 11.5. The van der Waals surface area contributed by atoms with Crippen LogP contribution in [0.3, 0.4) is 0 Å². The summed E-state index contributed by atoms with van der Waals surface area (Å²) in [5.41, 5.74) is 0. The van der Waals surface area contributed by atoms with Crippen LogP contribution in [0.2, 0.25) is 0 Å². The molecule has 0 fully saturated rings. The van der Waals surface area contributed by atoms with Gasteiger partial charge in [0, 0.05) is 19.3 Å². The molecule has 0 aliphatic heterocycles. The van der Waals surface area contributed by atoms with Gasteiger partial charge in [0.2, 0.25) is 0 Å². The zero-order valence-corrected chi connectivity index (χ0v) is 53.5. The number of ether oxygens (including phenoxy) is 3. The molecule has 1 atom stereocenters. The molecule has 78 heavy (non-hydrogen) atoms. The van der Waals surface area contributed by atoms with Crippen LogP contribution in [-0.4, -0.2) is 37.2 Å². The number of hydrogen-bond acceptors (Lipinski definition) is 6. The van der Waals surface area contributed by atoms with Gasteiger partial charge in [-0.3, -0.25) is 14.4 Å². The second kappa shape index (κ2) is 67.9. The second-order valence-corrected chi connectivity index (χ2v) is 24.9. The van der Waals surface area contributed by atoms with Gasteiger partial charge in [-0.25, -0.2) is 0 Å². The monoisotopic (exact) mass is 1100 g/mol. The summed E-state index contributed by atoms with van der Waals surface area (Å²) in [4.78, 5) is 38.0. The van der Waals surface area contributed by atoms with E-state index in [1.54, 1.807) is 0 Å². The number of rotatable bonds is 68. The molecule has 1 unspecified atom stereocenters. The van der Waals surface area contributed by atoms with Gasteiger partial charge in [-0.2, -0.15) is 0 Å². The van der Waals surface area contributed by atoms with Crippen molar-refractivity contribution >= 4 is 17.9 Å². The van der Waals surface area contributed by atoms with Gasteiger partial charge in [0.1, 0.15) is 13.2 Å². The Hall–Kier alpha value is -1.59. The standard InChI is InChI=1S/C72H140O6/c1-4-7-10-13-15-17-19-21-23-25-27-29-31-33-34-35-36-37-38-39-41-42-44-46-48-50-52-54-56-59-62-65-71(74)77-68-69(67-76-70(73)64-61-58-12-9-6-3)78-72(75)66-63-60-57-55-53-51-49-47-45-43-40-32-30-28-26-24-22-20-18-16-14-11-8-5-2/h69H,4-68H2,1-3H3. The molecule has 0 amide bonds. The van der Waals surface area contributed by atoms with Crippen molar-refractivity contribution in [3.63, 3.8) is 0 Å². The van der Waals surface area contributed by atoms with Crippen molar-refractivity contribution in [1.82, 2.24) is 0 Å². The van der Waals surface area contributed by atoms with E-state index in [0.717, 1.165) is 64.2 Å². The van der Waals surface area contributed by atoms with E-state index in [-0.39, 0.29) is 31.1 Å². The van der Waals surface area contributed by atoms with Gasteiger partial charge in [-0.15, -0.1) is 0 Å². The molecule has 0 saturated carbocycles. The quantitative estimate of drug-likeness (QED) is 0.0343. The van der Waals surface area contributed by atoms with Crippen molar-refractivity contribution < 1.29 is 28.6 Å². The van der Waals surface area contributed by atoms with Crippen LogP contribution in [-0.2, 0) is 28.6 Å². The molecule has 0 heterocycles. The van der Waals surface area contributed by atoms with E-state index in [2.05, 4.69) is 20.8 Å². The Morgan fingerprint density at radius 3 is 0.513 bits per heavy atom. The SMILES string of the molecule is CCCCCCCCCCCCCCCCCCCCCCCCCCCCCCCCCC(=O)OCC(COC(=O)CCCCCCC)OC(=O)CCCCCCCCCCCCCCCCCCCCCCCCCC. The fraction of sp³-hybridized carbons (Fsp3) is 0.958. The lowest BCUT2D eigenvalue weighted by molar-refractivity contribution is -0.167. The van der Waals surface area contributed by atoms with Gasteiger partial charge >= 0.3 is 17.9 Å². The van der Waals surface area contributed by atoms with Crippen LogP contribution < -0.4 is 0 Å². The topological polar surface area (TPSA) is 78.9 Å². The van der Waals surface area contributed by atoms with Crippen molar-refractivity contribution in [3.8, 4) is 0 Å². The minimum absolute atomic E-state index is 0.0621. The van der Waals surface area contributed by atoms with Gasteiger partial charge < -0.3 is 14.2 Å². The molecule has 0 aliphatic rings. The maximum absolute atomic E-state index is 12.9. The largest absolute Gasteiger partial charge is 0.462 e. The van der Waals surface area contributed by atoms with E-state index in [4.69, 9.17) is 14.2 Å². The van der Waals surface area contributed by atoms with Crippen molar-refractivity contribution in [2.45, 2.75) is 431 Å². The fourth-order valence-corrected chi connectivity index (χ4v) is 11.5. The zero-order chi connectivity index (χ0) is 56.4. The van der Waals surface area contributed by atoms with Gasteiger partial charge in [0.05, 0.1) is 0 Å². The smallest absolute Gasteiger partial charge is 0.306 e. The third-order valence-electron chi connectivity index (χ3n) is 16.9. The summed E-state index contributed by atoms with van der Waals surface area (Å²) < 4.78 is 16.8. The number of carbonyl (C=O) groups is 3. The molecule has 0 aliphatic carbocycles. The van der Waals surface area contributed by atoms with E-state index in [1.165, 1.54) is 321 Å². The molecule has 0 aromatic carbocycles. The molecular formula is C72H140O6. The molecule has 0 bridgehead atoms. The summed E-state index contributed by atoms with van der Waals surface area (Å²) in [5, 5.41) is 0. The Kier molecular flexibility index (Phi) is 66.5. The molecule has 0 saturated heterocycles. The Balaban J connectivity index is 3.87. The van der Waals surface area contributed by atoms with Crippen LogP contribution in [0.4, 0.5) is 0 Å². The zero-order valence-electron chi connectivity index (χ0n) is 53.5. The minimum Gasteiger partial charge on any atom is -0.462 e. The molecular weight excluding hydrogens is 961 g/mol. The highest BCUT2D eigenvalue weighted by Crippen LogP contribution is 2.20. The molecule has 0 spiro atoms. The molecule has 0 N–H and O–H groups in total. The second-order valence-electron chi connectivity index (χ2n) is 24.9. The van der Waals surface area contributed by atoms with Gasteiger partial charge in [0.15, 0.2) is 6.10 Å². The van der Waals surface area contributed by atoms with E-state index in [1.807, 2.05) is 0 Å². The van der Waals surface area contributed by atoms with Crippen molar-refractivity contribution in [2.24, 2.45) is 0 Å². The van der Waals surface area contributed by atoms with Crippen molar-refractivity contribution in [3.05, 3.63) is 0 Å². The first-order chi connectivity index (χ1) is 38.5. The lowest BCUT2D eigenvalue weighted by Gasteiger charge is -2.18. The highest BCUT2D eigenvalue weighted by Gasteiger charge is 2.19. The first-order valence-corrected chi connectivity index (χ1v) is 36.0. The molecule has 0 radical (unpaired) electrons. The molecule has 6 nitrogen and oxygen atoms in total. The summed E-state index contributed by atoms with van der Waals surface area (Å²) in [6, 6.07) is 0. The average molecular weight is 1100 g/mol. The predicted molar refractivity (Wildman–Crippen MR) is 340 cm³/mol. The minimum atomic E-state index is -0.761. The Labute approximate surface area is 488 Å². The van der Waals surface area contributed by atoms with E-state index >= 15 is 0 Å². The third kappa shape index (κ3) is 65.2. The normalized spacial score (nSPS) is 11.9. The summed E-state index contributed by atoms with van der Waals surface area (Å²) >= 11 is 0. The van der Waals surface area contributed by atoms with Gasteiger partial charge in [-0.05, 0) is 19.3 Å². The highest BCUT2D eigenvalue weighted by atomic mass is 16.6. The Bertz CT molecular complexity index is 1170. The molecule has 0 rings (SSSR count). The summed E-state index contributed by atoms with van der Waals surface area (Å²) in [5.74, 6) is -0.842. The molecule has 464 valence electrons. The van der Waals surface area contributed by atoms with Gasteiger partial charge in [-0.1, -0.05) is 387 Å². The van der Waals surface area contributed by atoms with E-state index in [9.17, 15) is 14.4 Å². The molecule has 0 aromatic rings. The maximum atomic E-state index is 12.9. The van der Waals surface area contributed by atoms with Crippen LogP contribution in [0.5, 0.6) is 0 Å². The highest BCUT2D eigenvalue weighted by molar-refractivity contribution is 5.71. The molecule has 6 heteroatoms. The van der Waals surface area contributed by atoms with Crippen LogP contribution in [0, 0.1) is 0 Å². The van der Waals surface area contributed by atoms with Crippen molar-refractivity contribution in [2.75, 3.05) is 13.2 Å². The first kappa shape index (κ1) is 76.4. The molecule has 0 aromatic heterocycles. The van der Waals surface area contributed by atoms with E-state index in [0.29, 0.717) is 19.3 Å². The van der Waals surface area contributed by atoms with Crippen LogP contribution in [0.15, 0.2) is 0 Å². The van der Waals surface area contributed by atoms with E-state index < -0.39 is 6.10 Å². The number of hydrogen-bond donors (Lipinski definition) is 0.